The summed E-state index contributed by atoms with van der Waals surface area (Å²) in [5.74, 6) is 0.941. The zero-order valence-electron chi connectivity index (χ0n) is 19.4. The summed E-state index contributed by atoms with van der Waals surface area (Å²) in [4.78, 5) is 13.0. The van der Waals surface area contributed by atoms with Crippen molar-refractivity contribution in [1.82, 2.24) is 29.9 Å². The molecule has 32 heavy (non-hydrogen) atoms. The SMILES string of the molecule is CC.COc1cc2ncc(-c3nc(NC4CCNC4)ncc3F)n2nc1C1CC(C)(C)C1. The van der Waals surface area contributed by atoms with Crippen molar-refractivity contribution in [3.8, 4) is 17.1 Å². The highest BCUT2D eigenvalue weighted by molar-refractivity contribution is 5.62. The molecule has 2 aliphatic rings. The van der Waals surface area contributed by atoms with Gasteiger partial charge in [-0.05, 0) is 31.2 Å². The second-order valence-corrected chi connectivity index (χ2v) is 9.00. The normalized spacial score (nSPS) is 19.9. The van der Waals surface area contributed by atoms with Crippen LogP contribution in [-0.4, -0.2) is 50.8 Å². The van der Waals surface area contributed by atoms with E-state index in [1.54, 1.807) is 17.8 Å². The fourth-order valence-corrected chi connectivity index (χ4v) is 4.56. The first-order valence-electron chi connectivity index (χ1n) is 11.4. The fraction of sp³-hybridized carbons (Fsp3) is 0.565. The third-order valence-corrected chi connectivity index (χ3v) is 6.07. The number of methoxy groups -OCH3 is 1. The topological polar surface area (TPSA) is 89.3 Å². The van der Waals surface area contributed by atoms with Crippen LogP contribution in [-0.2, 0) is 0 Å². The summed E-state index contributed by atoms with van der Waals surface area (Å²) in [6.07, 6.45) is 5.86. The monoisotopic (exact) mass is 441 g/mol. The van der Waals surface area contributed by atoms with E-state index in [1.165, 1.54) is 6.20 Å². The number of anilines is 1. The smallest absolute Gasteiger partial charge is 0.223 e. The highest BCUT2D eigenvalue weighted by atomic mass is 19.1. The minimum Gasteiger partial charge on any atom is -0.495 e. The fourth-order valence-electron chi connectivity index (χ4n) is 4.56. The van der Waals surface area contributed by atoms with E-state index in [2.05, 4.69) is 39.4 Å². The van der Waals surface area contributed by atoms with Gasteiger partial charge in [-0.25, -0.2) is 23.9 Å². The molecule has 3 aromatic heterocycles. The maximum Gasteiger partial charge on any atom is 0.223 e. The summed E-state index contributed by atoms with van der Waals surface area (Å²) in [6, 6.07) is 2.10. The molecular formula is C23H32FN7O. The third kappa shape index (κ3) is 4.26. The van der Waals surface area contributed by atoms with Crippen molar-refractivity contribution in [2.45, 2.75) is 58.9 Å². The standard InChI is InChI=1S/C21H26FN7O.C2H6/c1-21(2)7-12(8-21)18-16(30-3)6-17-24-11-15(29(17)28-18)19-14(22)10-25-20(27-19)26-13-4-5-23-9-13;1-2/h6,10-13,23H,4-5,7-9H2,1-3H3,(H,25,26,27);1-2H3. The zero-order chi connectivity index (χ0) is 22.9. The molecule has 1 saturated heterocycles. The van der Waals surface area contributed by atoms with Crippen LogP contribution < -0.4 is 15.4 Å². The number of hydrogen-bond acceptors (Lipinski definition) is 7. The summed E-state index contributed by atoms with van der Waals surface area (Å²) in [6.45, 7) is 10.3. The molecule has 1 unspecified atom stereocenters. The van der Waals surface area contributed by atoms with Crippen molar-refractivity contribution in [2.24, 2.45) is 5.41 Å². The Morgan fingerprint density at radius 1 is 1.22 bits per heavy atom. The Hall–Kier alpha value is -2.81. The first-order valence-corrected chi connectivity index (χ1v) is 11.4. The summed E-state index contributed by atoms with van der Waals surface area (Å²) in [5, 5.41) is 11.4. The summed E-state index contributed by atoms with van der Waals surface area (Å²) >= 11 is 0. The van der Waals surface area contributed by atoms with Gasteiger partial charge in [0, 0.05) is 24.6 Å². The summed E-state index contributed by atoms with van der Waals surface area (Å²) in [7, 11) is 1.64. The lowest BCUT2D eigenvalue weighted by Gasteiger charge is -2.42. The highest BCUT2D eigenvalue weighted by Crippen LogP contribution is 2.51. The minimum absolute atomic E-state index is 0.184. The van der Waals surface area contributed by atoms with Crippen molar-refractivity contribution in [1.29, 1.82) is 0 Å². The van der Waals surface area contributed by atoms with E-state index in [0.717, 1.165) is 43.8 Å². The van der Waals surface area contributed by atoms with Crippen LogP contribution in [0.4, 0.5) is 10.3 Å². The molecule has 9 heteroatoms. The Bertz CT molecular complexity index is 1080. The summed E-state index contributed by atoms with van der Waals surface area (Å²) in [5.41, 5.74) is 2.46. The predicted molar refractivity (Wildman–Crippen MR) is 123 cm³/mol. The lowest BCUT2D eigenvalue weighted by molar-refractivity contribution is 0.145. The first kappa shape index (κ1) is 22.4. The van der Waals surface area contributed by atoms with Crippen molar-refractivity contribution < 1.29 is 9.13 Å². The number of nitrogens with one attached hydrogen (secondary N) is 2. The maximum atomic E-state index is 14.7. The van der Waals surface area contributed by atoms with E-state index >= 15 is 0 Å². The van der Waals surface area contributed by atoms with E-state index < -0.39 is 5.82 Å². The Morgan fingerprint density at radius 3 is 2.66 bits per heavy atom. The van der Waals surface area contributed by atoms with E-state index in [1.807, 2.05) is 19.9 Å². The van der Waals surface area contributed by atoms with E-state index in [4.69, 9.17) is 9.84 Å². The molecule has 5 rings (SSSR count). The van der Waals surface area contributed by atoms with Gasteiger partial charge in [0.15, 0.2) is 11.5 Å². The van der Waals surface area contributed by atoms with Crippen LogP contribution in [0.25, 0.3) is 17.0 Å². The molecule has 4 heterocycles. The van der Waals surface area contributed by atoms with Crippen LogP contribution in [0.15, 0.2) is 18.5 Å². The number of fused-ring (bicyclic) bond motifs is 1. The van der Waals surface area contributed by atoms with Gasteiger partial charge < -0.3 is 15.4 Å². The molecule has 1 aliphatic carbocycles. The molecule has 2 N–H and O–H groups in total. The minimum atomic E-state index is -0.504. The lowest BCUT2D eigenvalue weighted by atomic mass is 9.63. The van der Waals surface area contributed by atoms with Gasteiger partial charge in [0.1, 0.15) is 22.8 Å². The average Bonchev–Trinajstić information content (AvgIpc) is 3.43. The molecule has 3 aromatic rings. The zero-order valence-corrected chi connectivity index (χ0v) is 19.4. The van der Waals surface area contributed by atoms with Gasteiger partial charge in [-0.2, -0.15) is 5.10 Å². The lowest BCUT2D eigenvalue weighted by Crippen LogP contribution is -2.31. The maximum absolute atomic E-state index is 14.7. The van der Waals surface area contributed by atoms with Gasteiger partial charge in [-0.3, -0.25) is 0 Å². The van der Waals surface area contributed by atoms with Crippen LogP contribution in [0.5, 0.6) is 5.75 Å². The number of aromatic nitrogens is 5. The highest BCUT2D eigenvalue weighted by Gasteiger charge is 2.39. The van der Waals surface area contributed by atoms with Crippen molar-refractivity contribution in [2.75, 3.05) is 25.5 Å². The van der Waals surface area contributed by atoms with Crippen LogP contribution in [0.2, 0.25) is 0 Å². The molecule has 0 amide bonds. The molecule has 8 nitrogen and oxygen atoms in total. The Balaban J connectivity index is 0.00000119. The number of hydrogen-bond donors (Lipinski definition) is 2. The van der Waals surface area contributed by atoms with E-state index in [9.17, 15) is 4.39 Å². The van der Waals surface area contributed by atoms with Crippen LogP contribution in [0.1, 0.15) is 58.6 Å². The van der Waals surface area contributed by atoms with Gasteiger partial charge in [0.05, 0.1) is 19.5 Å². The number of ether oxygens (including phenoxy) is 1. The van der Waals surface area contributed by atoms with Gasteiger partial charge in [-0.15, -0.1) is 0 Å². The third-order valence-electron chi connectivity index (χ3n) is 6.07. The molecular weight excluding hydrogens is 409 g/mol. The van der Waals surface area contributed by atoms with Crippen molar-refractivity contribution in [3.63, 3.8) is 0 Å². The Kier molecular flexibility index (Phi) is 6.28. The molecule has 1 saturated carbocycles. The second kappa shape index (κ2) is 8.97. The summed E-state index contributed by atoms with van der Waals surface area (Å²) < 4.78 is 21.9. The quantitative estimate of drug-likeness (QED) is 0.618. The molecule has 0 spiro atoms. The van der Waals surface area contributed by atoms with Crippen molar-refractivity contribution >= 4 is 11.6 Å². The van der Waals surface area contributed by atoms with E-state index in [0.29, 0.717) is 28.6 Å². The van der Waals surface area contributed by atoms with Crippen LogP contribution >= 0.6 is 0 Å². The largest absolute Gasteiger partial charge is 0.495 e. The first-order chi connectivity index (χ1) is 15.4. The van der Waals surface area contributed by atoms with Gasteiger partial charge in [0.25, 0.3) is 0 Å². The average molecular weight is 442 g/mol. The molecule has 172 valence electrons. The molecule has 0 bridgehead atoms. The van der Waals surface area contributed by atoms with Crippen LogP contribution in [0.3, 0.4) is 0 Å². The van der Waals surface area contributed by atoms with Gasteiger partial charge in [-0.1, -0.05) is 27.7 Å². The number of nitrogens with zero attached hydrogens (tertiary/aromatic N) is 5. The van der Waals surface area contributed by atoms with Gasteiger partial charge >= 0.3 is 0 Å². The number of halogens is 1. The molecule has 0 radical (unpaired) electrons. The molecule has 1 aliphatic heterocycles. The molecule has 2 fully saturated rings. The number of imidazole rings is 1. The second-order valence-electron chi connectivity index (χ2n) is 9.00. The Morgan fingerprint density at radius 2 is 2.00 bits per heavy atom. The molecule has 0 aromatic carbocycles. The predicted octanol–water partition coefficient (Wildman–Crippen LogP) is 4.04. The van der Waals surface area contributed by atoms with Crippen molar-refractivity contribution in [3.05, 3.63) is 30.0 Å². The van der Waals surface area contributed by atoms with E-state index in [-0.39, 0.29) is 11.7 Å². The van der Waals surface area contributed by atoms with Crippen LogP contribution in [0, 0.1) is 11.2 Å². The number of rotatable bonds is 5. The Labute approximate surface area is 188 Å². The van der Waals surface area contributed by atoms with Gasteiger partial charge in [0.2, 0.25) is 5.95 Å². The molecule has 1 atom stereocenters.